The van der Waals surface area contributed by atoms with Crippen LogP contribution >= 0.6 is 11.3 Å². The number of imidazole rings is 1. The Balaban J connectivity index is 0.00000156. The van der Waals surface area contributed by atoms with Crippen LogP contribution in [0.3, 0.4) is 0 Å². The van der Waals surface area contributed by atoms with Gasteiger partial charge in [0.25, 0.3) is 5.91 Å². The van der Waals surface area contributed by atoms with Gasteiger partial charge in [-0.1, -0.05) is 6.92 Å². The summed E-state index contributed by atoms with van der Waals surface area (Å²) in [5.41, 5.74) is 2.87. The van der Waals surface area contributed by atoms with Gasteiger partial charge in [-0.05, 0) is 48.9 Å². The van der Waals surface area contributed by atoms with E-state index in [-0.39, 0.29) is 5.91 Å². The van der Waals surface area contributed by atoms with Gasteiger partial charge in [0.1, 0.15) is 22.3 Å². The molecule has 4 heterocycles. The number of hydrogen-bond acceptors (Lipinski definition) is 8. The van der Waals surface area contributed by atoms with Crippen LogP contribution < -0.4 is 10.6 Å². The van der Waals surface area contributed by atoms with Gasteiger partial charge in [-0.2, -0.15) is 4.98 Å². The summed E-state index contributed by atoms with van der Waals surface area (Å²) in [7, 11) is 0. The number of nitrogens with one attached hydrogen (secondary N) is 2. The third-order valence-electron chi connectivity index (χ3n) is 5.13. The summed E-state index contributed by atoms with van der Waals surface area (Å²) in [5, 5.41) is 8.64. The van der Waals surface area contributed by atoms with Gasteiger partial charge in [0.05, 0.1) is 0 Å². The van der Waals surface area contributed by atoms with Crippen molar-refractivity contribution in [2.45, 2.75) is 13.3 Å². The average Bonchev–Trinajstić information content (AvgIpc) is 3.65. The van der Waals surface area contributed by atoms with E-state index in [1.807, 2.05) is 53.2 Å². The fourth-order valence-corrected chi connectivity index (χ4v) is 4.22. The molecule has 0 atom stereocenters. The minimum absolute atomic E-state index is 0.260. The molecule has 4 aromatic heterocycles. The number of carbonyl (C=O) groups is 1. The van der Waals surface area contributed by atoms with Crippen LogP contribution in [0.4, 0.5) is 11.6 Å². The molecule has 37 heavy (non-hydrogen) atoms. The van der Waals surface area contributed by atoms with Gasteiger partial charge >= 0.3 is 0 Å². The van der Waals surface area contributed by atoms with E-state index in [2.05, 4.69) is 55.3 Å². The molecule has 0 saturated carbocycles. The highest BCUT2D eigenvalue weighted by atomic mass is 32.1. The van der Waals surface area contributed by atoms with Crippen LogP contribution in [0, 0.1) is 12.8 Å². The van der Waals surface area contributed by atoms with E-state index in [1.165, 1.54) is 11.3 Å². The molecule has 10 heteroatoms. The molecule has 0 aliphatic rings. The molecule has 0 spiro atoms. The van der Waals surface area contributed by atoms with Gasteiger partial charge in [0, 0.05) is 59.7 Å². The molecule has 0 saturated heterocycles. The first-order valence-corrected chi connectivity index (χ1v) is 12.3. The van der Waals surface area contributed by atoms with Crippen molar-refractivity contribution in [3.8, 4) is 40.6 Å². The molecule has 0 unspecified atom stereocenters. The smallest absolute Gasteiger partial charge is 0.275 e. The Bertz CT molecular complexity index is 1480. The predicted molar refractivity (Wildman–Crippen MR) is 147 cm³/mol. The second-order valence-corrected chi connectivity index (χ2v) is 8.45. The number of aromatic nitrogens is 6. The lowest BCUT2D eigenvalue weighted by Gasteiger charge is -2.10. The summed E-state index contributed by atoms with van der Waals surface area (Å²) in [6, 6.07) is 13.1. The van der Waals surface area contributed by atoms with Gasteiger partial charge in [0.2, 0.25) is 5.95 Å². The standard InChI is InChI=1S/C25H22N8OS.C2H2/c1-2-10-28-25-29-13-9-21(32-25)33-15-14-27-22(33)17-3-5-19(6-4-17)30-23(34)20-16-35-24(31-20)18-7-11-26-12-8-18;1-2/h3-9,11-16H,2,10H2,1H3,(H,30,34)(H,28,29,32);1-2H. The Morgan fingerprint density at radius 2 is 1.73 bits per heavy atom. The zero-order valence-corrected chi connectivity index (χ0v) is 20.9. The summed E-state index contributed by atoms with van der Waals surface area (Å²) >= 11 is 1.42. The first-order valence-electron chi connectivity index (χ1n) is 11.4. The lowest BCUT2D eigenvalue weighted by molar-refractivity contribution is 0.102. The highest BCUT2D eigenvalue weighted by Gasteiger charge is 2.14. The Hall–Kier alpha value is -4.88. The van der Waals surface area contributed by atoms with E-state index in [1.54, 1.807) is 30.2 Å². The summed E-state index contributed by atoms with van der Waals surface area (Å²) in [4.78, 5) is 34.5. The molecule has 0 aliphatic heterocycles. The second kappa shape index (κ2) is 12.2. The summed E-state index contributed by atoms with van der Waals surface area (Å²) in [6.07, 6.45) is 17.7. The van der Waals surface area contributed by atoms with Crippen LogP contribution in [0.25, 0.3) is 27.8 Å². The van der Waals surface area contributed by atoms with E-state index < -0.39 is 0 Å². The average molecular weight is 509 g/mol. The minimum atomic E-state index is -0.260. The first kappa shape index (κ1) is 25.2. The molecule has 2 N–H and O–H groups in total. The number of anilines is 2. The third kappa shape index (κ3) is 6.04. The minimum Gasteiger partial charge on any atom is -0.354 e. The Morgan fingerprint density at radius 3 is 2.49 bits per heavy atom. The number of terminal acetylenes is 1. The Morgan fingerprint density at radius 1 is 0.946 bits per heavy atom. The Labute approximate surface area is 218 Å². The van der Waals surface area contributed by atoms with Crippen LogP contribution in [0.15, 0.2) is 78.8 Å². The van der Waals surface area contributed by atoms with Crippen molar-refractivity contribution in [2.75, 3.05) is 17.2 Å². The Kier molecular flexibility index (Phi) is 8.31. The van der Waals surface area contributed by atoms with Gasteiger partial charge < -0.3 is 10.6 Å². The normalized spacial score (nSPS) is 10.2. The molecule has 0 radical (unpaired) electrons. The summed E-state index contributed by atoms with van der Waals surface area (Å²) in [6.45, 7) is 2.90. The lowest BCUT2D eigenvalue weighted by Crippen LogP contribution is -2.12. The van der Waals surface area contributed by atoms with Gasteiger partial charge in [-0.3, -0.25) is 14.3 Å². The van der Waals surface area contributed by atoms with E-state index in [0.717, 1.165) is 40.7 Å². The zero-order chi connectivity index (χ0) is 26.0. The fourth-order valence-electron chi connectivity index (χ4n) is 3.41. The third-order valence-corrected chi connectivity index (χ3v) is 6.02. The maximum absolute atomic E-state index is 12.7. The zero-order valence-electron chi connectivity index (χ0n) is 20.1. The first-order chi connectivity index (χ1) is 18.2. The highest BCUT2D eigenvalue weighted by Crippen LogP contribution is 2.25. The molecule has 1 aromatic carbocycles. The summed E-state index contributed by atoms with van der Waals surface area (Å²) in [5.74, 6) is 1.78. The van der Waals surface area contributed by atoms with E-state index in [4.69, 9.17) is 0 Å². The maximum atomic E-state index is 12.7. The van der Waals surface area contributed by atoms with Crippen molar-refractivity contribution in [3.05, 3.63) is 84.5 Å². The number of hydrogen-bond donors (Lipinski definition) is 2. The highest BCUT2D eigenvalue weighted by molar-refractivity contribution is 7.13. The molecule has 5 rings (SSSR count). The molecule has 184 valence electrons. The number of amides is 1. The molecule has 5 aromatic rings. The van der Waals surface area contributed by atoms with Crippen molar-refractivity contribution >= 4 is 28.9 Å². The number of benzene rings is 1. The van der Waals surface area contributed by atoms with Crippen LogP contribution in [0.5, 0.6) is 0 Å². The number of pyridine rings is 1. The molecule has 1 amide bonds. The molecule has 0 bridgehead atoms. The molecule has 0 fully saturated rings. The van der Waals surface area contributed by atoms with E-state index in [0.29, 0.717) is 17.3 Å². The van der Waals surface area contributed by atoms with Crippen LogP contribution in [0.2, 0.25) is 0 Å². The lowest BCUT2D eigenvalue weighted by atomic mass is 10.2. The summed E-state index contributed by atoms with van der Waals surface area (Å²) < 4.78 is 1.91. The largest absolute Gasteiger partial charge is 0.354 e. The molecule has 0 aliphatic carbocycles. The van der Waals surface area contributed by atoms with Crippen LogP contribution in [0.1, 0.15) is 23.8 Å². The van der Waals surface area contributed by atoms with Gasteiger partial charge in [-0.25, -0.2) is 15.0 Å². The number of rotatable bonds is 8. The quantitative estimate of drug-likeness (QED) is 0.278. The second-order valence-electron chi connectivity index (χ2n) is 7.59. The van der Waals surface area contributed by atoms with Crippen molar-refractivity contribution in [3.63, 3.8) is 0 Å². The molecular formula is C27H24N8OS. The fraction of sp³-hybridized carbons (Fsp3) is 0.111. The SMILES string of the molecule is C#C.CCCNc1nccc(-n2ccnc2-c2ccc(NC(=O)c3csc(-c4ccncc4)n3)cc2)n1. The van der Waals surface area contributed by atoms with Crippen molar-refractivity contribution in [1.29, 1.82) is 0 Å². The maximum Gasteiger partial charge on any atom is 0.275 e. The molecule has 9 nitrogen and oxygen atoms in total. The monoisotopic (exact) mass is 508 g/mol. The topological polar surface area (TPSA) is 111 Å². The van der Waals surface area contributed by atoms with Gasteiger partial charge in [-0.15, -0.1) is 24.2 Å². The molecular weight excluding hydrogens is 484 g/mol. The van der Waals surface area contributed by atoms with E-state index in [9.17, 15) is 4.79 Å². The van der Waals surface area contributed by atoms with Crippen molar-refractivity contribution in [2.24, 2.45) is 0 Å². The van der Waals surface area contributed by atoms with Crippen LogP contribution in [-0.2, 0) is 0 Å². The number of thiazole rings is 1. The van der Waals surface area contributed by atoms with Crippen LogP contribution in [-0.4, -0.2) is 41.9 Å². The number of nitrogens with zero attached hydrogens (tertiary/aromatic N) is 6. The van der Waals surface area contributed by atoms with E-state index >= 15 is 0 Å². The van der Waals surface area contributed by atoms with Gasteiger partial charge in [0.15, 0.2) is 0 Å². The van der Waals surface area contributed by atoms with Crippen molar-refractivity contribution < 1.29 is 4.79 Å². The van der Waals surface area contributed by atoms with Crippen molar-refractivity contribution in [1.82, 2.24) is 29.5 Å². The number of carbonyl (C=O) groups excluding carboxylic acids is 1. The predicted octanol–water partition coefficient (Wildman–Crippen LogP) is 5.17.